The summed E-state index contributed by atoms with van der Waals surface area (Å²) in [5.74, 6) is -71.7. The molecule has 0 bridgehead atoms. The lowest BCUT2D eigenvalue weighted by Crippen LogP contribution is -2.75. The predicted molar refractivity (Wildman–Crippen MR) is 85.4 cm³/mol. The molecule has 238 valence electrons. The summed E-state index contributed by atoms with van der Waals surface area (Å²) in [6.45, 7) is 0.414. The van der Waals surface area contributed by atoms with Crippen LogP contribution in [-0.4, -0.2) is 66.1 Å². The van der Waals surface area contributed by atoms with Gasteiger partial charge in [0.2, 0.25) is 0 Å². The van der Waals surface area contributed by atoms with E-state index in [-0.39, 0.29) is 12.8 Å². The molecule has 0 unspecified atom stereocenters. The Hall–Kier alpha value is -2.26. The van der Waals surface area contributed by atoms with E-state index >= 15 is 0 Å². The Morgan fingerprint density at radius 2 is 0.875 bits per heavy atom. The molecule has 0 radical (unpaired) electrons. The topological polar surface area (TPSA) is 26.3 Å². The van der Waals surface area contributed by atoms with Gasteiger partial charge in [-0.15, -0.1) is 0 Å². The first-order chi connectivity index (χ1) is 17.3. The van der Waals surface area contributed by atoms with Crippen LogP contribution in [0.4, 0.5) is 92.2 Å². The smallest absolute Gasteiger partial charge is 0.460 e. The minimum absolute atomic E-state index is 0.0900. The molecular formula is C17H11F21O2. The molecule has 0 amide bonds. The maximum atomic E-state index is 13.9. The number of halogens is 21. The van der Waals surface area contributed by atoms with Crippen LogP contribution >= 0.6 is 0 Å². The molecule has 0 atom stereocenters. The van der Waals surface area contributed by atoms with Crippen molar-refractivity contribution in [2.75, 3.05) is 6.61 Å². The lowest BCUT2D eigenvalue weighted by atomic mass is 9.86. The minimum atomic E-state index is -9.13. The Morgan fingerprint density at radius 1 is 0.550 bits per heavy atom. The molecular weight excluding hydrogens is 635 g/mol. The number of alkyl halides is 19. The number of unbranched alkanes of at least 4 members (excludes halogenated alkanes) is 1. The van der Waals surface area contributed by atoms with E-state index < -0.39 is 84.2 Å². The molecule has 0 fully saturated rings. The van der Waals surface area contributed by atoms with Gasteiger partial charge in [-0.2, -0.15) is 92.2 Å². The summed E-state index contributed by atoms with van der Waals surface area (Å²) in [4.78, 5) is 11.3. The first kappa shape index (κ1) is 37.7. The van der Waals surface area contributed by atoms with Crippen LogP contribution in [0.1, 0.15) is 26.2 Å². The van der Waals surface area contributed by atoms with Crippen molar-refractivity contribution in [2.24, 2.45) is 0 Å². The monoisotopic (exact) mass is 646 g/mol. The van der Waals surface area contributed by atoms with E-state index in [1.165, 1.54) is 6.92 Å². The molecule has 0 aliphatic carbocycles. The summed E-state index contributed by atoms with van der Waals surface area (Å²) in [6, 6.07) is 0. The number of carbonyl (C=O) groups excluding carboxylic acids is 1. The van der Waals surface area contributed by atoms with Gasteiger partial charge < -0.3 is 4.74 Å². The summed E-state index contributed by atoms with van der Waals surface area (Å²) in [6.07, 6.45) is -15.7. The maximum absolute atomic E-state index is 13.9. The molecule has 2 nitrogen and oxygen atoms in total. The predicted octanol–water partition coefficient (Wildman–Crippen LogP) is 8.52. The largest absolute Gasteiger partial charge is 0.462 e. The van der Waals surface area contributed by atoms with Crippen LogP contribution in [0.2, 0.25) is 0 Å². The average molecular weight is 646 g/mol. The summed E-state index contributed by atoms with van der Waals surface area (Å²) in [7, 11) is 0. The van der Waals surface area contributed by atoms with E-state index in [1.807, 2.05) is 0 Å². The Labute approximate surface area is 207 Å². The van der Waals surface area contributed by atoms with Gasteiger partial charge in [0.15, 0.2) is 0 Å². The molecule has 0 N–H and O–H groups in total. The van der Waals surface area contributed by atoms with Crippen LogP contribution in [-0.2, 0) is 9.53 Å². The van der Waals surface area contributed by atoms with E-state index in [2.05, 4.69) is 4.74 Å². The molecule has 0 spiro atoms. The average Bonchev–Trinajstić information content (AvgIpc) is 2.75. The molecule has 0 saturated carbocycles. The highest BCUT2D eigenvalue weighted by Crippen LogP contribution is 2.65. The zero-order valence-electron chi connectivity index (χ0n) is 18.6. The molecule has 0 aromatic heterocycles. The van der Waals surface area contributed by atoms with E-state index in [0.717, 1.165) is 0 Å². The summed E-state index contributed by atoms with van der Waals surface area (Å²) in [5, 5.41) is 0. The van der Waals surface area contributed by atoms with Gasteiger partial charge in [0.1, 0.15) is 5.57 Å². The Kier molecular flexibility index (Phi) is 10.2. The van der Waals surface area contributed by atoms with Gasteiger partial charge in [0.25, 0.3) is 6.08 Å². The van der Waals surface area contributed by atoms with Crippen molar-refractivity contribution in [1.82, 2.24) is 0 Å². The summed E-state index contributed by atoms with van der Waals surface area (Å²) < 4.78 is 281. The van der Waals surface area contributed by atoms with Crippen LogP contribution < -0.4 is 0 Å². The first-order valence-corrected chi connectivity index (χ1v) is 9.58. The van der Waals surface area contributed by atoms with Crippen LogP contribution in [0.25, 0.3) is 0 Å². The normalized spacial score (nSPS) is 15.2. The molecule has 0 rings (SSSR count). The molecule has 0 aliphatic heterocycles. The molecule has 0 aliphatic rings. The second kappa shape index (κ2) is 10.9. The second-order valence-corrected chi connectivity index (χ2v) is 7.63. The van der Waals surface area contributed by atoms with Crippen molar-refractivity contribution in [2.45, 2.75) is 79.7 Å². The quantitative estimate of drug-likeness (QED) is 0.0869. The van der Waals surface area contributed by atoms with Gasteiger partial charge >= 0.3 is 59.5 Å². The van der Waals surface area contributed by atoms with Crippen molar-refractivity contribution >= 4 is 5.97 Å². The van der Waals surface area contributed by atoms with Crippen molar-refractivity contribution in [3.8, 4) is 0 Å². The zero-order valence-corrected chi connectivity index (χ0v) is 18.6. The fourth-order valence-corrected chi connectivity index (χ4v) is 2.34. The number of carbonyl (C=O) groups is 1. The van der Waals surface area contributed by atoms with Gasteiger partial charge in [0, 0.05) is 0 Å². The van der Waals surface area contributed by atoms with Crippen molar-refractivity contribution < 1.29 is 102 Å². The third-order valence-corrected chi connectivity index (χ3v) is 4.79. The fraction of sp³-hybridized carbons (Fsp3) is 0.824. The number of hydrogen-bond donors (Lipinski definition) is 0. The van der Waals surface area contributed by atoms with E-state index in [1.54, 1.807) is 0 Å². The molecule has 0 heterocycles. The van der Waals surface area contributed by atoms with Crippen LogP contribution in [0.15, 0.2) is 11.7 Å². The van der Waals surface area contributed by atoms with Gasteiger partial charge in [-0.25, -0.2) is 4.79 Å². The van der Waals surface area contributed by atoms with E-state index in [4.69, 9.17) is 0 Å². The minimum Gasteiger partial charge on any atom is -0.462 e. The van der Waals surface area contributed by atoms with Gasteiger partial charge in [-0.1, -0.05) is 13.3 Å². The van der Waals surface area contributed by atoms with Crippen molar-refractivity contribution in [3.05, 3.63) is 11.7 Å². The standard InChI is InChI=1S/C17H11F21O2/c1-2-3-4-40-8(39)6(7(18)19)5-9(20,21)10(22,23)11(24,25)12(26,27)13(28,29)14(30,31)15(32,33)16(34,35)17(36,37)38/h2-5H2,1H3. The van der Waals surface area contributed by atoms with Crippen LogP contribution in [0.3, 0.4) is 0 Å². The van der Waals surface area contributed by atoms with Crippen molar-refractivity contribution in [1.29, 1.82) is 0 Å². The third-order valence-electron chi connectivity index (χ3n) is 4.79. The Morgan fingerprint density at radius 3 is 1.18 bits per heavy atom. The molecule has 40 heavy (non-hydrogen) atoms. The van der Waals surface area contributed by atoms with Crippen molar-refractivity contribution in [3.63, 3.8) is 0 Å². The lowest BCUT2D eigenvalue weighted by molar-refractivity contribution is -0.468. The maximum Gasteiger partial charge on any atom is 0.460 e. The number of esters is 1. The highest BCUT2D eigenvalue weighted by atomic mass is 19.4. The molecule has 0 aromatic rings. The molecule has 0 saturated heterocycles. The molecule has 0 aromatic carbocycles. The summed E-state index contributed by atoms with van der Waals surface area (Å²) >= 11 is 0. The van der Waals surface area contributed by atoms with E-state index in [9.17, 15) is 97.0 Å². The lowest BCUT2D eigenvalue weighted by Gasteiger charge is -2.43. The highest BCUT2D eigenvalue weighted by molar-refractivity contribution is 5.88. The SMILES string of the molecule is CCCCOC(=O)C(CC(F)(F)C(F)(F)C(F)(F)C(F)(F)C(F)(F)C(F)(F)C(F)(F)C(F)(F)C(F)(F)F)=C(F)F. The Bertz CT molecular complexity index is 941. The second-order valence-electron chi connectivity index (χ2n) is 7.63. The van der Waals surface area contributed by atoms with Gasteiger partial charge in [-0.05, 0) is 6.42 Å². The fourth-order valence-electron chi connectivity index (χ4n) is 2.34. The van der Waals surface area contributed by atoms with Gasteiger partial charge in [-0.3, -0.25) is 0 Å². The Balaban J connectivity index is 6.85. The van der Waals surface area contributed by atoms with Gasteiger partial charge in [0.05, 0.1) is 13.0 Å². The zero-order chi connectivity index (χ0) is 32.8. The third kappa shape index (κ3) is 5.60. The highest BCUT2D eigenvalue weighted by Gasteiger charge is 2.96. The molecule has 23 heteroatoms. The number of ether oxygens (including phenoxy) is 1. The van der Waals surface area contributed by atoms with Crippen LogP contribution in [0, 0.1) is 0 Å². The van der Waals surface area contributed by atoms with Crippen LogP contribution in [0.5, 0.6) is 0 Å². The summed E-state index contributed by atoms with van der Waals surface area (Å²) in [5.41, 5.74) is -2.98. The number of rotatable bonds is 13. The number of hydrogen-bond acceptors (Lipinski definition) is 2. The van der Waals surface area contributed by atoms with E-state index in [0.29, 0.717) is 0 Å². The first-order valence-electron chi connectivity index (χ1n) is 9.58.